The molecule has 0 fully saturated rings. The average Bonchev–Trinajstić information content (AvgIpc) is 2.57. The molecular weight excluding hydrogens is 358 g/mol. The highest BCUT2D eigenvalue weighted by Crippen LogP contribution is 2.36. The third-order valence-electron chi connectivity index (χ3n) is 2.19. The number of alkyl halides is 3. The molecule has 2 aromatic rings. The number of benzene rings is 1. The molecule has 0 spiro atoms. The molecular formula is C10H3BrClF5N2. The predicted octanol–water partition coefficient (Wildman–Crippen LogP) is 4.79. The van der Waals surface area contributed by atoms with E-state index in [1.807, 2.05) is 4.98 Å². The first-order chi connectivity index (χ1) is 8.70. The fraction of sp³-hybridized carbons (Fsp3) is 0.100. The van der Waals surface area contributed by atoms with E-state index in [4.69, 9.17) is 11.6 Å². The minimum atomic E-state index is -4.72. The molecule has 0 radical (unpaired) electrons. The number of H-pyrrole nitrogens is 1. The van der Waals surface area contributed by atoms with Crippen LogP contribution in [0.15, 0.2) is 16.7 Å². The first-order valence-corrected chi connectivity index (χ1v) is 5.85. The molecule has 0 amide bonds. The van der Waals surface area contributed by atoms with Crippen LogP contribution in [0, 0.1) is 11.6 Å². The minimum absolute atomic E-state index is 0.208. The Bertz CT molecular complexity index is 614. The molecule has 9 heteroatoms. The lowest BCUT2D eigenvalue weighted by atomic mass is 10.2. The Morgan fingerprint density at radius 3 is 2.11 bits per heavy atom. The van der Waals surface area contributed by atoms with E-state index < -0.39 is 39.5 Å². The zero-order valence-electron chi connectivity index (χ0n) is 8.75. The molecule has 1 heterocycles. The lowest BCUT2D eigenvalue weighted by molar-refractivity contribution is -0.141. The number of imidazole rings is 1. The standard InChI is InChI=1S/C10H3BrClF5N2/c11-8-7(10(15,16)17)18-9(19-8)6-4(13)1-3(12)2-5(6)14/h1-2H,(H,18,19). The number of hydrogen-bond donors (Lipinski definition) is 1. The first-order valence-electron chi connectivity index (χ1n) is 4.67. The predicted molar refractivity (Wildman–Crippen MR) is 61.7 cm³/mol. The van der Waals surface area contributed by atoms with E-state index in [-0.39, 0.29) is 5.02 Å². The van der Waals surface area contributed by atoms with Gasteiger partial charge in [0, 0.05) is 5.02 Å². The Morgan fingerprint density at radius 1 is 1.16 bits per heavy atom. The summed E-state index contributed by atoms with van der Waals surface area (Å²) in [6, 6.07) is 1.56. The van der Waals surface area contributed by atoms with Gasteiger partial charge in [-0.1, -0.05) is 11.6 Å². The molecule has 0 saturated carbocycles. The average molecular weight is 361 g/mol. The maximum absolute atomic E-state index is 13.6. The van der Waals surface area contributed by atoms with Gasteiger partial charge in [0.05, 0.1) is 5.56 Å². The number of hydrogen-bond acceptors (Lipinski definition) is 1. The van der Waals surface area contributed by atoms with Crippen molar-refractivity contribution in [3.8, 4) is 11.4 Å². The summed E-state index contributed by atoms with van der Waals surface area (Å²) in [4.78, 5) is 5.25. The van der Waals surface area contributed by atoms with Crippen molar-refractivity contribution in [3.63, 3.8) is 0 Å². The van der Waals surface area contributed by atoms with Crippen molar-refractivity contribution in [2.24, 2.45) is 0 Å². The minimum Gasteiger partial charge on any atom is -0.333 e. The van der Waals surface area contributed by atoms with Crippen molar-refractivity contribution in [2.45, 2.75) is 6.18 Å². The van der Waals surface area contributed by atoms with Crippen LogP contribution in [-0.2, 0) is 6.18 Å². The first kappa shape index (κ1) is 14.3. The lowest BCUT2D eigenvalue weighted by Gasteiger charge is -2.04. The van der Waals surface area contributed by atoms with Crippen LogP contribution in [0.5, 0.6) is 0 Å². The van der Waals surface area contributed by atoms with Crippen molar-refractivity contribution in [1.82, 2.24) is 9.97 Å². The molecule has 2 nitrogen and oxygen atoms in total. The highest BCUT2D eigenvalue weighted by molar-refractivity contribution is 9.10. The van der Waals surface area contributed by atoms with Crippen molar-refractivity contribution < 1.29 is 22.0 Å². The van der Waals surface area contributed by atoms with Crippen molar-refractivity contribution >= 4 is 27.5 Å². The van der Waals surface area contributed by atoms with Gasteiger partial charge >= 0.3 is 6.18 Å². The zero-order chi connectivity index (χ0) is 14.4. The highest BCUT2D eigenvalue weighted by Gasteiger charge is 2.37. The largest absolute Gasteiger partial charge is 0.433 e. The zero-order valence-corrected chi connectivity index (χ0v) is 11.1. The summed E-state index contributed by atoms with van der Waals surface area (Å²) in [5.74, 6) is -2.80. The maximum Gasteiger partial charge on any atom is 0.433 e. The van der Waals surface area contributed by atoms with Gasteiger partial charge in [-0.25, -0.2) is 13.8 Å². The number of halogens is 7. The SMILES string of the molecule is Fc1cc(Cl)cc(F)c1-c1nc(Br)c(C(F)(F)F)[nH]1. The van der Waals surface area contributed by atoms with E-state index >= 15 is 0 Å². The van der Waals surface area contributed by atoms with Gasteiger partial charge in [0.15, 0.2) is 5.69 Å². The van der Waals surface area contributed by atoms with Gasteiger partial charge in [0.25, 0.3) is 0 Å². The van der Waals surface area contributed by atoms with Gasteiger partial charge in [0.2, 0.25) is 0 Å². The summed E-state index contributed by atoms with van der Waals surface area (Å²) in [5.41, 5.74) is -1.93. The fourth-order valence-corrected chi connectivity index (χ4v) is 2.12. The molecule has 0 saturated heterocycles. The van der Waals surface area contributed by atoms with E-state index in [1.165, 1.54) is 0 Å². The number of nitrogens with one attached hydrogen (secondary N) is 1. The summed E-state index contributed by atoms with van der Waals surface area (Å²) in [6.07, 6.45) is -4.72. The highest BCUT2D eigenvalue weighted by atomic mass is 79.9. The molecule has 0 bridgehead atoms. The lowest BCUT2D eigenvalue weighted by Crippen LogP contribution is -2.06. The van der Waals surface area contributed by atoms with E-state index in [2.05, 4.69) is 20.9 Å². The third kappa shape index (κ3) is 2.74. The molecule has 19 heavy (non-hydrogen) atoms. The van der Waals surface area contributed by atoms with Gasteiger partial charge < -0.3 is 4.98 Å². The van der Waals surface area contributed by atoms with Gasteiger partial charge in [-0.15, -0.1) is 0 Å². The molecule has 0 unspecified atom stereocenters. The number of rotatable bonds is 1. The van der Waals surface area contributed by atoms with Crippen LogP contribution >= 0.6 is 27.5 Å². The van der Waals surface area contributed by atoms with Crippen LogP contribution in [0.3, 0.4) is 0 Å². The Balaban J connectivity index is 2.61. The van der Waals surface area contributed by atoms with E-state index in [1.54, 1.807) is 0 Å². The van der Waals surface area contributed by atoms with Gasteiger partial charge in [-0.2, -0.15) is 13.2 Å². The quantitative estimate of drug-likeness (QED) is 0.727. The Kier molecular flexibility index (Phi) is 3.57. The molecule has 102 valence electrons. The summed E-state index contributed by atoms with van der Waals surface area (Å²) in [6.45, 7) is 0. The summed E-state index contributed by atoms with van der Waals surface area (Å²) in [7, 11) is 0. The van der Waals surface area contributed by atoms with Crippen LogP contribution in [-0.4, -0.2) is 9.97 Å². The molecule has 0 atom stereocenters. The normalized spacial score (nSPS) is 11.9. The topological polar surface area (TPSA) is 28.7 Å². The number of nitrogens with zero attached hydrogens (tertiary/aromatic N) is 1. The van der Waals surface area contributed by atoms with E-state index in [0.717, 1.165) is 12.1 Å². The summed E-state index contributed by atoms with van der Waals surface area (Å²) in [5, 5.41) is -0.208. The summed E-state index contributed by atoms with van der Waals surface area (Å²) >= 11 is 8.00. The second kappa shape index (κ2) is 4.75. The molecule has 2 rings (SSSR count). The van der Waals surface area contributed by atoms with Crippen LogP contribution in [0.1, 0.15) is 5.69 Å². The van der Waals surface area contributed by atoms with Crippen molar-refractivity contribution in [1.29, 1.82) is 0 Å². The molecule has 1 N–H and O–H groups in total. The van der Waals surface area contributed by atoms with Gasteiger partial charge in [-0.05, 0) is 28.1 Å². The smallest absolute Gasteiger partial charge is 0.333 e. The molecule has 0 aliphatic heterocycles. The Hall–Kier alpha value is -1.15. The summed E-state index contributed by atoms with van der Waals surface area (Å²) < 4.78 is 64.1. The van der Waals surface area contributed by atoms with Gasteiger partial charge in [-0.3, -0.25) is 0 Å². The van der Waals surface area contributed by atoms with Crippen molar-refractivity contribution in [2.75, 3.05) is 0 Å². The monoisotopic (exact) mass is 360 g/mol. The molecule has 0 aliphatic rings. The number of aromatic amines is 1. The van der Waals surface area contributed by atoms with Crippen LogP contribution in [0.4, 0.5) is 22.0 Å². The van der Waals surface area contributed by atoms with E-state index in [0.29, 0.717) is 0 Å². The molecule has 0 aliphatic carbocycles. The van der Waals surface area contributed by atoms with E-state index in [9.17, 15) is 22.0 Å². The van der Waals surface area contributed by atoms with Gasteiger partial charge in [0.1, 0.15) is 22.1 Å². The second-order valence-corrected chi connectivity index (χ2v) is 4.68. The van der Waals surface area contributed by atoms with Crippen molar-refractivity contribution in [3.05, 3.63) is 39.1 Å². The maximum atomic E-state index is 13.6. The van der Waals surface area contributed by atoms with Crippen LogP contribution in [0.25, 0.3) is 11.4 Å². The third-order valence-corrected chi connectivity index (χ3v) is 2.98. The number of aromatic nitrogens is 2. The Labute approximate surface area is 116 Å². The van der Waals surface area contributed by atoms with Crippen LogP contribution < -0.4 is 0 Å². The Morgan fingerprint density at radius 2 is 1.68 bits per heavy atom. The molecule has 1 aromatic heterocycles. The second-order valence-electron chi connectivity index (χ2n) is 3.49. The van der Waals surface area contributed by atoms with Crippen LogP contribution in [0.2, 0.25) is 5.02 Å². The fourth-order valence-electron chi connectivity index (χ4n) is 1.43. The molecule has 1 aromatic carbocycles.